The highest BCUT2D eigenvalue weighted by Crippen LogP contribution is 2.15. The van der Waals surface area contributed by atoms with E-state index in [9.17, 15) is 9.18 Å². The Morgan fingerprint density at radius 3 is 2.36 bits per heavy atom. The van der Waals surface area contributed by atoms with Crippen LogP contribution < -0.4 is 5.32 Å². The molecule has 11 heavy (non-hydrogen) atoms. The third-order valence-corrected chi connectivity index (χ3v) is 1.24. The average molecular weight is 161 g/mol. The fourth-order valence-electron chi connectivity index (χ4n) is 1.13. The van der Waals surface area contributed by atoms with Gasteiger partial charge >= 0.3 is 0 Å². The van der Waals surface area contributed by atoms with E-state index in [-0.39, 0.29) is 11.9 Å². The number of hydrogen-bond donors (Lipinski definition) is 1. The van der Waals surface area contributed by atoms with Gasteiger partial charge in [-0.2, -0.15) is 0 Å². The summed E-state index contributed by atoms with van der Waals surface area (Å²) in [5, 5.41) is 2.62. The molecule has 1 atom stereocenters. The van der Waals surface area contributed by atoms with E-state index in [2.05, 4.69) is 5.32 Å². The molecule has 0 rings (SSSR count). The van der Waals surface area contributed by atoms with E-state index in [1.165, 1.54) is 20.8 Å². The summed E-state index contributed by atoms with van der Waals surface area (Å²) >= 11 is 0. The standard InChI is InChI=1S/C8H16FNO/c1-6(10-7(2)11)5-8(3,4)9/h6H,5H2,1-4H3,(H,10,11). The van der Waals surface area contributed by atoms with Crippen molar-refractivity contribution in [1.82, 2.24) is 5.32 Å². The molecule has 1 N–H and O–H groups in total. The molecule has 0 heterocycles. The summed E-state index contributed by atoms with van der Waals surface area (Å²) in [6, 6.07) is -0.0903. The van der Waals surface area contributed by atoms with Crippen molar-refractivity contribution < 1.29 is 9.18 Å². The van der Waals surface area contributed by atoms with E-state index >= 15 is 0 Å². The molecule has 0 aromatic carbocycles. The lowest BCUT2D eigenvalue weighted by Gasteiger charge is -2.19. The molecule has 0 bridgehead atoms. The normalized spacial score (nSPS) is 14.3. The van der Waals surface area contributed by atoms with Crippen molar-refractivity contribution in [3.8, 4) is 0 Å². The molecule has 0 saturated heterocycles. The Hall–Kier alpha value is -0.600. The Bertz CT molecular complexity index is 140. The van der Waals surface area contributed by atoms with Crippen LogP contribution in [0, 0.1) is 0 Å². The minimum absolute atomic E-state index is 0.0903. The van der Waals surface area contributed by atoms with Crippen LogP contribution in [0.4, 0.5) is 4.39 Å². The molecule has 0 aliphatic carbocycles. The zero-order valence-corrected chi connectivity index (χ0v) is 7.57. The summed E-state index contributed by atoms with van der Waals surface area (Å²) < 4.78 is 12.9. The molecule has 1 unspecified atom stereocenters. The van der Waals surface area contributed by atoms with Crippen LogP contribution in [0.5, 0.6) is 0 Å². The van der Waals surface area contributed by atoms with Gasteiger partial charge in [0, 0.05) is 19.4 Å². The largest absolute Gasteiger partial charge is 0.354 e. The van der Waals surface area contributed by atoms with Crippen LogP contribution in [0.15, 0.2) is 0 Å². The van der Waals surface area contributed by atoms with Crippen LogP contribution in [0.2, 0.25) is 0 Å². The molecule has 1 amide bonds. The van der Waals surface area contributed by atoms with E-state index < -0.39 is 5.67 Å². The van der Waals surface area contributed by atoms with Crippen molar-refractivity contribution in [2.45, 2.75) is 45.8 Å². The summed E-state index contributed by atoms with van der Waals surface area (Å²) in [5.74, 6) is -0.109. The van der Waals surface area contributed by atoms with E-state index in [1.54, 1.807) is 6.92 Å². The van der Waals surface area contributed by atoms with Crippen molar-refractivity contribution in [1.29, 1.82) is 0 Å². The summed E-state index contributed by atoms with van der Waals surface area (Å²) in [5.41, 5.74) is -1.21. The number of nitrogens with one attached hydrogen (secondary N) is 1. The van der Waals surface area contributed by atoms with Crippen LogP contribution in [-0.4, -0.2) is 17.6 Å². The molecule has 3 heteroatoms. The quantitative estimate of drug-likeness (QED) is 0.670. The van der Waals surface area contributed by atoms with Gasteiger partial charge in [0.1, 0.15) is 5.67 Å². The van der Waals surface area contributed by atoms with E-state index in [0.717, 1.165) is 0 Å². The lowest BCUT2D eigenvalue weighted by Crippen LogP contribution is -2.35. The summed E-state index contributed by atoms with van der Waals surface area (Å²) in [4.78, 5) is 10.5. The second-order valence-corrected chi connectivity index (χ2v) is 3.52. The number of rotatable bonds is 3. The molecule has 0 radical (unpaired) electrons. The maximum atomic E-state index is 12.9. The van der Waals surface area contributed by atoms with Crippen molar-refractivity contribution in [3.05, 3.63) is 0 Å². The zero-order chi connectivity index (χ0) is 9.07. The Kier molecular flexibility index (Phi) is 3.49. The monoisotopic (exact) mass is 161 g/mol. The Morgan fingerprint density at radius 1 is 1.64 bits per heavy atom. The number of halogens is 1. The number of hydrogen-bond acceptors (Lipinski definition) is 1. The predicted molar refractivity (Wildman–Crippen MR) is 43.1 cm³/mol. The van der Waals surface area contributed by atoms with Crippen molar-refractivity contribution in [2.24, 2.45) is 0 Å². The van der Waals surface area contributed by atoms with Gasteiger partial charge in [-0.25, -0.2) is 4.39 Å². The molecule has 0 fully saturated rings. The Morgan fingerprint density at radius 2 is 2.09 bits per heavy atom. The average Bonchev–Trinajstić information content (AvgIpc) is 1.53. The van der Waals surface area contributed by atoms with Gasteiger partial charge in [-0.05, 0) is 20.8 Å². The minimum atomic E-state index is -1.21. The molecule has 0 spiro atoms. The minimum Gasteiger partial charge on any atom is -0.354 e. The van der Waals surface area contributed by atoms with E-state index in [0.29, 0.717) is 6.42 Å². The molecular weight excluding hydrogens is 145 g/mol. The number of carbonyl (C=O) groups is 1. The number of alkyl halides is 1. The van der Waals surface area contributed by atoms with Crippen LogP contribution in [0.3, 0.4) is 0 Å². The Balaban J connectivity index is 3.69. The highest BCUT2D eigenvalue weighted by Gasteiger charge is 2.19. The molecule has 0 aliphatic rings. The maximum Gasteiger partial charge on any atom is 0.217 e. The topological polar surface area (TPSA) is 29.1 Å². The van der Waals surface area contributed by atoms with E-state index in [4.69, 9.17) is 0 Å². The first-order valence-corrected chi connectivity index (χ1v) is 3.77. The smallest absolute Gasteiger partial charge is 0.217 e. The zero-order valence-electron chi connectivity index (χ0n) is 7.57. The maximum absolute atomic E-state index is 12.9. The van der Waals surface area contributed by atoms with Gasteiger partial charge in [-0.1, -0.05) is 0 Å². The third kappa shape index (κ3) is 7.30. The van der Waals surface area contributed by atoms with Gasteiger partial charge in [0.25, 0.3) is 0 Å². The molecule has 66 valence electrons. The molecule has 0 aliphatic heterocycles. The lowest BCUT2D eigenvalue weighted by molar-refractivity contribution is -0.119. The van der Waals surface area contributed by atoms with Gasteiger partial charge in [-0.3, -0.25) is 4.79 Å². The molecule has 0 aromatic rings. The second-order valence-electron chi connectivity index (χ2n) is 3.52. The van der Waals surface area contributed by atoms with Gasteiger partial charge in [0.15, 0.2) is 0 Å². The highest BCUT2D eigenvalue weighted by atomic mass is 19.1. The van der Waals surface area contributed by atoms with Gasteiger partial charge in [0.05, 0.1) is 0 Å². The van der Waals surface area contributed by atoms with Gasteiger partial charge in [-0.15, -0.1) is 0 Å². The predicted octanol–water partition coefficient (Wildman–Crippen LogP) is 1.65. The van der Waals surface area contributed by atoms with Gasteiger partial charge in [0.2, 0.25) is 5.91 Å². The third-order valence-electron chi connectivity index (χ3n) is 1.24. The van der Waals surface area contributed by atoms with Gasteiger partial charge < -0.3 is 5.32 Å². The first-order chi connectivity index (χ1) is 4.81. The number of carbonyl (C=O) groups excluding carboxylic acids is 1. The van der Waals surface area contributed by atoms with Crippen LogP contribution in [0.25, 0.3) is 0 Å². The molecule has 0 saturated carbocycles. The highest BCUT2D eigenvalue weighted by molar-refractivity contribution is 5.73. The molecular formula is C8H16FNO. The van der Waals surface area contributed by atoms with E-state index in [1.807, 2.05) is 0 Å². The molecule has 0 aromatic heterocycles. The molecule has 2 nitrogen and oxygen atoms in total. The summed E-state index contributed by atoms with van der Waals surface area (Å²) in [6.07, 6.45) is 0.354. The van der Waals surface area contributed by atoms with Crippen LogP contribution >= 0.6 is 0 Å². The van der Waals surface area contributed by atoms with Crippen molar-refractivity contribution >= 4 is 5.91 Å². The SMILES string of the molecule is CC(=O)NC(C)CC(C)(C)F. The summed E-state index contributed by atoms with van der Waals surface area (Å²) in [6.45, 7) is 6.24. The fourth-order valence-corrected chi connectivity index (χ4v) is 1.13. The Labute approximate surface area is 67.2 Å². The van der Waals surface area contributed by atoms with Crippen molar-refractivity contribution in [2.75, 3.05) is 0 Å². The van der Waals surface area contributed by atoms with Crippen LogP contribution in [-0.2, 0) is 4.79 Å². The van der Waals surface area contributed by atoms with Crippen LogP contribution in [0.1, 0.15) is 34.1 Å². The lowest BCUT2D eigenvalue weighted by atomic mass is 10.0. The van der Waals surface area contributed by atoms with Crippen molar-refractivity contribution in [3.63, 3.8) is 0 Å². The first-order valence-electron chi connectivity index (χ1n) is 3.77. The summed E-state index contributed by atoms with van der Waals surface area (Å²) in [7, 11) is 0. The first kappa shape index (κ1) is 10.4. The number of amides is 1. The second kappa shape index (κ2) is 3.69. The fraction of sp³-hybridized carbons (Fsp3) is 0.875.